The van der Waals surface area contributed by atoms with Crippen molar-refractivity contribution in [1.82, 2.24) is 4.90 Å². The van der Waals surface area contributed by atoms with Crippen molar-refractivity contribution in [2.75, 3.05) is 26.8 Å². The summed E-state index contributed by atoms with van der Waals surface area (Å²) in [6.45, 7) is 2.59. The minimum atomic E-state index is -0.773. The van der Waals surface area contributed by atoms with Gasteiger partial charge in [0.2, 0.25) is 0 Å². The van der Waals surface area contributed by atoms with E-state index in [0.29, 0.717) is 26.3 Å². The molecule has 1 N–H and O–H groups in total. The number of fused-ring (bicyclic) bond motifs is 1. The van der Waals surface area contributed by atoms with Crippen molar-refractivity contribution in [3.05, 3.63) is 23.8 Å². The third-order valence-corrected chi connectivity index (χ3v) is 2.97. The molecule has 0 aromatic heterocycles. The molecular weight excluding hydrogens is 246 g/mol. The Kier molecular flexibility index (Phi) is 4.63. The molecular formula is C14H19NO4. The lowest BCUT2D eigenvalue weighted by Crippen LogP contribution is -2.21. The number of aliphatic carboxylic acids is 1. The molecule has 104 valence electrons. The number of hydrogen-bond donors (Lipinski definition) is 1. The Morgan fingerprint density at radius 1 is 1.32 bits per heavy atom. The van der Waals surface area contributed by atoms with E-state index in [4.69, 9.17) is 14.6 Å². The van der Waals surface area contributed by atoms with Crippen LogP contribution < -0.4 is 9.47 Å². The molecule has 0 saturated heterocycles. The summed E-state index contributed by atoms with van der Waals surface area (Å²) in [4.78, 5) is 12.5. The minimum absolute atomic E-state index is 0.154. The predicted molar refractivity (Wildman–Crippen MR) is 70.6 cm³/mol. The molecule has 1 aliphatic heterocycles. The first-order chi connectivity index (χ1) is 9.15. The smallest absolute Gasteiger partial charge is 0.304 e. The largest absolute Gasteiger partial charge is 0.490 e. The van der Waals surface area contributed by atoms with Crippen LogP contribution in [0.5, 0.6) is 11.5 Å². The standard InChI is InChI=1S/C14H19NO4/c1-15(6-5-14(16)17)10-11-3-4-12-13(9-11)19-8-2-7-18-12/h3-4,9H,2,5-8,10H2,1H3,(H,16,17). The van der Waals surface area contributed by atoms with Crippen molar-refractivity contribution in [3.63, 3.8) is 0 Å². The topological polar surface area (TPSA) is 59.0 Å². The molecule has 0 fully saturated rings. The van der Waals surface area contributed by atoms with Crippen LogP contribution in [0, 0.1) is 0 Å². The van der Waals surface area contributed by atoms with Crippen LogP contribution in [0.15, 0.2) is 18.2 Å². The molecule has 5 nitrogen and oxygen atoms in total. The molecule has 1 aromatic rings. The zero-order chi connectivity index (χ0) is 13.7. The maximum absolute atomic E-state index is 10.5. The lowest BCUT2D eigenvalue weighted by Gasteiger charge is -2.16. The van der Waals surface area contributed by atoms with Crippen LogP contribution in [-0.4, -0.2) is 42.8 Å². The first-order valence-corrected chi connectivity index (χ1v) is 6.44. The second-order valence-corrected chi connectivity index (χ2v) is 4.71. The molecule has 1 aromatic carbocycles. The van der Waals surface area contributed by atoms with Gasteiger partial charge in [-0.1, -0.05) is 6.07 Å². The van der Waals surface area contributed by atoms with Gasteiger partial charge in [-0.2, -0.15) is 0 Å². The third-order valence-electron chi connectivity index (χ3n) is 2.97. The van der Waals surface area contributed by atoms with Gasteiger partial charge < -0.3 is 19.5 Å². The van der Waals surface area contributed by atoms with Crippen molar-refractivity contribution < 1.29 is 19.4 Å². The van der Waals surface area contributed by atoms with Crippen LogP contribution in [0.3, 0.4) is 0 Å². The molecule has 0 radical (unpaired) electrons. The van der Waals surface area contributed by atoms with Gasteiger partial charge in [-0.15, -0.1) is 0 Å². The Balaban J connectivity index is 1.97. The molecule has 5 heteroatoms. The van der Waals surface area contributed by atoms with Gasteiger partial charge in [0, 0.05) is 19.5 Å². The van der Waals surface area contributed by atoms with Gasteiger partial charge >= 0.3 is 5.97 Å². The van der Waals surface area contributed by atoms with E-state index in [-0.39, 0.29) is 6.42 Å². The van der Waals surface area contributed by atoms with Crippen LogP contribution in [0.4, 0.5) is 0 Å². The molecule has 19 heavy (non-hydrogen) atoms. The predicted octanol–water partition coefficient (Wildman–Crippen LogP) is 1.75. The summed E-state index contributed by atoms with van der Waals surface area (Å²) in [7, 11) is 1.91. The lowest BCUT2D eigenvalue weighted by molar-refractivity contribution is -0.137. The van der Waals surface area contributed by atoms with Crippen LogP contribution >= 0.6 is 0 Å². The first kappa shape index (κ1) is 13.7. The van der Waals surface area contributed by atoms with Gasteiger partial charge in [-0.05, 0) is 24.7 Å². The summed E-state index contributed by atoms with van der Waals surface area (Å²) < 4.78 is 11.2. The van der Waals surface area contributed by atoms with Gasteiger partial charge in [0.15, 0.2) is 11.5 Å². The molecule has 2 rings (SSSR count). The molecule has 0 aliphatic carbocycles. The number of nitrogens with zero attached hydrogens (tertiary/aromatic N) is 1. The summed E-state index contributed by atoms with van der Waals surface area (Å²) in [5.74, 6) is 0.793. The van der Waals surface area contributed by atoms with E-state index in [0.717, 1.165) is 23.5 Å². The summed E-state index contributed by atoms with van der Waals surface area (Å²) in [5, 5.41) is 8.65. The van der Waals surface area contributed by atoms with E-state index < -0.39 is 5.97 Å². The number of carbonyl (C=O) groups is 1. The number of rotatable bonds is 5. The van der Waals surface area contributed by atoms with Gasteiger partial charge in [0.05, 0.1) is 19.6 Å². The van der Waals surface area contributed by atoms with Crippen molar-refractivity contribution >= 4 is 5.97 Å². The Hall–Kier alpha value is -1.75. The van der Waals surface area contributed by atoms with E-state index in [1.54, 1.807) is 0 Å². The van der Waals surface area contributed by atoms with Crippen molar-refractivity contribution in [1.29, 1.82) is 0 Å². The van der Waals surface area contributed by atoms with Crippen molar-refractivity contribution in [3.8, 4) is 11.5 Å². The summed E-state index contributed by atoms with van der Waals surface area (Å²) in [5.41, 5.74) is 1.09. The molecule has 0 bridgehead atoms. The fraction of sp³-hybridized carbons (Fsp3) is 0.500. The minimum Gasteiger partial charge on any atom is -0.490 e. The Labute approximate surface area is 112 Å². The van der Waals surface area contributed by atoms with E-state index in [9.17, 15) is 4.79 Å². The van der Waals surface area contributed by atoms with E-state index in [2.05, 4.69) is 0 Å². The lowest BCUT2D eigenvalue weighted by atomic mass is 10.2. The molecule has 1 heterocycles. The van der Waals surface area contributed by atoms with Crippen LogP contribution in [-0.2, 0) is 11.3 Å². The van der Waals surface area contributed by atoms with Crippen molar-refractivity contribution in [2.24, 2.45) is 0 Å². The van der Waals surface area contributed by atoms with Gasteiger partial charge in [-0.25, -0.2) is 0 Å². The highest BCUT2D eigenvalue weighted by atomic mass is 16.5. The van der Waals surface area contributed by atoms with Crippen LogP contribution in [0.2, 0.25) is 0 Å². The Morgan fingerprint density at radius 3 is 2.79 bits per heavy atom. The quantitative estimate of drug-likeness (QED) is 0.879. The fourth-order valence-corrected chi connectivity index (χ4v) is 1.98. The highest BCUT2D eigenvalue weighted by Gasteiger charge is 2.11. The number of benzene rings is 1. The SMILES string of the molecule is CN(CCC(=O)O)Cc1ccc2c(c1)OCCCO2. The molecule has 0 unspecified atom stereocenters. The van der Waals surface area contributed by atoms with Crippen LogP contribution in [0.1, 0.15) is 18.4 Å². The van der Waals surface area contributed by atoms with Gasteiger partial charge in [0.25, 0.3) is 0 Å². The Morgan fingerprint density at radius 2 is 2.05 bits per heavy atom. The molecule has 1 aliphatic rings. The zero-order valence-corrected chi connectivity index (χ0v) is 11.1. The van der Waals surface area contributed by atoms with Gasteiger partial charge in [-0.3, -0.25) is 4.79 Å². The molecule has 0 amide bonds. The summed E-state index contributed by atoms with van der Waals surface area (Å²) in [6.07, 6.45) is 1.05. The number of carboxylic acid groups (broad SMARTS) is 1. The average molecular weight is 265 g/mol. The first-order valence-electron chi connectivity index (χ1n) is 6.44. The van der Waals surface area contributed by atoms with E-state index in [1.165, 1.54) is 0 Å². The van der Waals surface area contributed by atoms with Crippen LogP contribution in [0.25, 0.3) is 0 Å². The van der Waals surface area contributed by atoms with Crippen molar-refractivity contribution in [2.45, 2.75) is 19.4 Å². The highest BCUT2D eigenvalue weighted by Crippen LogP contribution is 2.30. The summed E-state index contributed by atoms with van der Waals surface area (Å²) >= 11 is 0. The maximum Gasteiger partial charge on any atom is 0.304 e. The second kappa shape index (κ2) is 6.43. The number of carboxylic acids is 1. The number of hydrogen-bond acceptors (Lipinski definition) is 4. The maximum atomic E-state index is 10.5. The van der Waals surface area contributed by atoms with E-state index in [1.807, 2.05) is 30.1 Å². The van der Waals surface area contributed by atoms with E-state index >= 15 is 0 Å². The zero-order valence-electron chi connectivity index (χ0n) is 11.1. The van der Waals surface area contributed by atoms with Gasteiger partial charge in [0.1, 0.15) is 0 Å². The summed E-state index contributed by atoms with van der Waals surface area (Å²) in [6, 6.07) is 5.88. The average Bonchev–Trinajstić information content (AvgIpc) is 2.61. The second-order valence-electron chi connectivity index (χ2n) is 4.71. The highest BCUT2D eigenvalue weighted by molar-refractivity contribution is 5.66. The normalized spacial score (nSPS) is 14.2. The fourth-order valence-electron chi connectivity index (χ4n) is 1.98. The monoisotopic (exact) mass is 265 g/mol. The molecule has 0 saturated carbocycles. The third kappa shape index (κ3) is 4.13. The molecule has 0 spiro atoms. The Bertz CT molecular complexity index is 447. The molecule has 0 atom stereocenters. The number of ether oxygens (including phenoxy) is 2.